The molecule has 0 saturated carbocycles. The second kappa shape index (κ2) is 4.89. The van der Waals surface area contributed by atoms with Crippen LogP contribution in [-0.2, 0) is 15.5 Å². The number of aryl methyl sites for hydroxylation is 1. The highest BCUT2D eigenvalue weighted by molar-refractivity contribution is 8.13. The van der Waals surface area contributed by atoms with Crippen LogP contribution in [0, 0.1) is 0 Å². The van der Waals surface area contributed by atoms with Gasteiger partial charge in [-0.3, -0.25) is 9.89 Å². The minimum atomic E-state index is -4.02. The van der Waals surface area contributed by atoms with E-state index in [1.165, 1.54) is 0 Å². The van der Waals surface area contributed by atoms with Crippen LogP contribution >= 0.6 is 10.7 Å². The van der Waals surface area contributed by atoms with Crippen molar-refractivity contribution in [1.29, 1.82) is 0 Å². The van der Waals surface area contributed by atoms with E-state index in [9.17, 15) is 13.2 Å². The maximum atomic E-state index is 11.9. The van der Waals surface area contributed by atoms with Crippen LogP contribution in [0.1, 0.15) is 43.9 Å². The Balaban J connectivity index is 3.27. The molecule has 18 heavy (non-hydrogen) atoms. The zero-order chi connectivity index (χ0) is 14.1. The number of aromatic nitrogens is 2. The van der Waals surface area contributed by atoms with E-state index in [1.807, 2.05) is 0 Å². The summed E-state index contributed by atoms with van der Waals surface area (Å²) in [5.41, 5.74) is -0.365. The van der Waals surface area contributed by atoms with Crippen molar-refractivity contribution in [3.8, 4) is 0 Å². The van der Waals surface area contributed by atoms with Crippen LogP contribution in [0.4, 0.5) is 0 Å². The van der Waals surface area contributed by atoms with Gasteiger partial charge in [0, 0.05) is 16.2 Å². The Hall–Kier alpha value is -1.08. The number of rotatable bonds is 3. The van der Waals surface area contributed by atoms with Crippen molar-refractivity contribution in [3.63, 3.8) is 0 Å². The summed E-state index contributed by atoms with van der Waals surface area (Å²) in [6.07, 6.45) is 0.386. The lowest BCUT2D eigenvalue weighted by Crippen LogP contribution is -2.41. The van der Waals surface area contributed by atoms with Gasteiger partial charge in [0.25, 0.3) is 15.0 Å². The van der Waals surface area contributed by atoms with Crippen molar-refractivity contribution >= 4 is 25.6 Å². The molecule has 102 valence electrons. The molecule has 0 aliphatic rings. The summed E-state index contributed by atoms with van der Waals surface area (Å²) in [6.45, 7) is 7.10. The first kappa shape index (κ1) is 15.0. The van der Waals surface area contributed by atoms with Gasteiger partial charge in [-0.15, -0.1) is 0 Å². The van der Waals surface area contributed by atoms with Gasteiger partial charge in [-0.1, -0.05) is 6.92 Å². The van der Waals surface area contributed by atoms with E-state index < -0.39 is 20.5 Å². The fourth-order valence-electron chi connectivity index (χ4n) is 1.42. The van der Waals surface area contributed by atoms with Crippen molar-refractivity contribution in [2.45, 2.75) is 44.6 Å². The summed E-state index contributed by atoms with van der Waals surface area (Å²) in [4.78, 5) is 11.7. The van der Waals surface area contributed by atoms with Gasteiger partial charge in [0.2, 0.25) is 0 Å². The highest BCUT2D eigenvalue weighted by atomic mass is 35.7. The molecule has 0 atom stereocenters. The van der Waals surface area contributed by atoms with Crippen LogP contribution in [0.15, 0.2) is 4.90 Å². The largest absolute Gasteiger partial charge is 0.346 e. The molecule has 2 N–H and O–H groups in total. The number of nitrogens with zero attached hydrogens (tertiary/aromatic N) is 1. The highest BCUT2D eigenvalue weighted by Crippen LogP contribution is 2.23. The number of amides is 1. The SMILES string of the molecule is CCc1[nH]nc(C(=O)NC(C)(C)C)c1S(=O)(=O)Cl. The normalized spacial score (nSPS) is 12.5. The van der Waals surface area contributed by atoms with E-state index in [0.29, 0.717) is 12.1 Å². The molecular formula is C10H16ClN3O3S. The Kier molecular flexibility index (Phi) is 4.07. The minimum Gasteiger partial charge on any atom is -0.346 e. The molecule has 1 amide bonds. The number of hydrogen-bond acceptors (Lipinski definition) is 4. The Morgan fingerprint density at radius 1 is 1.44 bits per heavy atom. The van der Waals surface area contributed by atoms with Gasteiger partial charge >= 0.3 is 0 Å². The maximum absolute atomic E-state index is 11.9. The fourth-order valence-corrected chi connectivity index (χ4v) is 2.78. The molecule has 0 saturated heterocycles. The van der Waals surface area contributed by atoms with Crippen LogP contribution < -0.4 is 5.32 Å². The Morgan fingerprint density at radius 3 is 2.39 bits per heavy atom. The van der Waals surface area contributed by atoms with E-state index >= 15 is 0 Å². The Morgan fingerprint density at radius 2 is 2.00 bits per heavy atom. The van der Waals surface area contributed by atoms with Crippen LogP contribution in [-0.4, -0.2) is 30.1 Å². The first-order chi connectivity index (χ1) is 8.06. The number of carbonyl (C=O) groups is 1. The quantitative estimate of drug-likeness (QED) is 0.825. The number of hydrogen-bond donors (Lipinski definition) is 2. The van der Waals surface area contributed by atoms with E-state index in [-0.39, 0.29) is 10.6 Å². The molecule has 0 aliphatic carbocycles. The first-order valence-electron chi connectivity index (χ1n) is 5.40. The van der Waals surface area contributed by atoms with Gasteiger partial charge in [-0.25, -0.2) is 8.42 Å². The van der Waals surface area contributed by atoms with Crippen LogP contribution in [0.3, 0.4) is 0 Å². The third-order valence-electron chi connectivity index (χ3n) is 2.09. The van der Waals surface area contributed by atoms with E-state index in [2.05, 4.69) is 15.5 Å². The molecular weight excluding hydrogens is 278 g/mol. The van der Waals surface area contributed by atoms with Gasteiger partial charge in [0.05, 0.1) is 5.69 Å². The van der Waals surface area contributed by atoms with Crippen molar-refractivity contribution < 1.29 is 13.2 Å². The number of halogens is 1. The van der Waals surface area contributed by atoms with Gasteiger partial charge in [-0.2, -0.15) is 5.10 Å². The van der Waals surface area contributed by atoms with Gasteiger partial charge in [-0.05, 0) is 27.2 Å². The second-order valence-electron chi connectivity index (χ2n) is 4.88. The summed E-state index contributed by atoms with van der Waals surface area (Å²) in [6, 6.07) is 0. The maximum Gasteiger partial charge on any atom is 0.273 e. The Labute approximate surface area is 111 Å². The standard InChI is InChI=1S/C10H16ClN3O3S/c1-5-6-8(18(11,16)17)7(14-13-6)9(15)12-10(2,3)4/h5H2,1-4H3,(H,12,15)(H,13,14). The third-order valence-corrected chi connectivity index (χ3v) is 3.48. The highest BCUT2D eigenvalue weighted by Gasteiger charge is 2.29. The molecule has 1 aromatic rings. The predicted molar refractivity (Wildman–Crippen MR) is 68.2 cm³/mol. The van der Waals surface area contributed by atoms with Gasteiger partial charge in [0.1, 0.15) is 4.90 Å². The predicted octanol–water partition coefficient (Wildman–Crippen LogP) is 1.43. The zero-order valence-electron chi connectivity index (χ0n) is 10.7. The van der Waals surface area contributed by atoms with Crippen molar-refractivity contribution in [1.82, 2.24) is 15.5 Å². The van der Waals surface area contributed by atoms with Crippen molar-refractivity contribution in [2.24, 2.45) is 0 Å². The molecule has 1 aromatic heterocycles. The smallest absolute Gasteiger partial charge is 0.273 e. The molecule has 1 heterocycles. The van der Waals surface area contributed by atoms with Gasteiger partial charge in [0.15, 0.2) is 5.69 Å². The molecule has 0 bridgehead atoms. The van der Waals surface area contributed by atoms with E-state index in [4.69, 9.17) is 10.7 Å². The summed E-state index contributed by atoms with van der Waals surface area (Å²) >= 11 is 0. The molecule has 1 rings (SSSR count). The number of H-pyrrole nitrogens is 1. The monoisotopic (exact) mass is 293 g/mol. The Bertz CT molecular complexity index is 557. The summed E-state index contributed by atoms with van der Waals surface area (Å²) in [7, 11) is 1.32. The minimum absolute atomic E-state index is 0.197. The van der Waals surface area contributed by atoms with E-state index in [0.717, 1.165) is 0 Å². The van der Waals surface area contributed by atoms with E-state index in [1.54, 1.807) is 27.7 Å². The first-order valence-corrected chi connectivity index (χ1v) is 7.71. The topological polar surface area (TPSA) is 91.9 Å². The second-order valence-corrected chi connectivity index (χ2v) is 7.38. The van der Waals surface area contributed by atoms with Crippen LogP contribution in [0.2, 0.25) is 0 Å². The molecule has 0 aromatic carbocycles. The molecule has 0 spiro atoms. The number of carbonyl (C=O) groups excluding carboxylic acids is 1. The van der Waals surface area contributed by atoms with Crippen LogP contribution in [0.5, 0.6) is 0 Å². The number of nitrogens with one attached hydrogen (secondary N) is 2. The molecule has 0 unspecified atom stereocenters. The summed E-state index contributed by atoms with van der Waals surface area (Å²) in [5, 5.41) is 8.90. The lowest BCUT2D eigenvalue weighted by molar-refractivity contribution is 0.0911. The molecule has 8 heteroatoms. The lowest BCUT2D eigenvalue weighted by Gasteiger charge is -2.19. The lowest BCUT2D eigenvalue weighted by atomic mass is 10.1. The fraction of sp³-hybridized carbons (Fsp3) is 0.600. The average molecular weight is 294 g/mol. The van der Waals surface area contributed by atoms with Crippen molar-refractivity contribution in [2.75, 3.05) is 0 Å². The average Bonchev–Trinajstić information content (AvgIpc) is 2.57. The molecule has 0 radical (unpaired) electrons. The number of aromatic amines is 1. The van der Waals surface area contributed by atoms with Gasteiger partial charge < -0.3 is 5.32 Å². The summed E-state index contributed by atoms with van der Waals surface area (Å²) < 4.78 is 23.0. The third kappa shape index (κ3) is 3.46. The molecule has 6 nitrogen and oxygen atoms in total. The zero-order valence-corrected chi connectivity index (χ0v) is 12.2. The van der Waals surface area contributed by atoms with Crippen LogP contribution in [0.25, 0.3) is 0 Å². The molecule has 0 aliphatic heterocycles. The van der Waals surface area contributed by atoms with Crippen molar-refractivity contribution in [3.05, 3.63) is 11.4 Å². The molecule has 0 fully saturated rings. The summed E-state index contributed by atoms with van der Waals surface area (Å²) in [5.74, 6) is -0.572.